The summed E-state index contributed by atoms with van der Waals surface area (Å²) in [6.07, 6.45) is -1.32. The van der Waals surface area contributed by atoms with E-state index in [-0.39, 0.29) is 17.7 Å². The van der Waals surface area contributed by atoms with E-state index in [1.54, 1.807) is 20.8 Å². The van der Waals surface area contributed by atoms with Crippen molar-refractivity contribution in [1.82, 2.24) is 5.32 Å². The summed E-state index contributed by atoms with van der Waals surface area (Å²) in [6, 6.07) is 0.499. The molecule has 8 heteroatoms. The number of aromatic hydroxyl groups is 3. The Balaban J connectivity index is 2.90. The van der Waals surface area contributed by atoms with Crippen molar-refractivity contribution in [2.75, 3.05) is 0 Å². The number of hydrogen-bond donors (Lipinski definition) is 5. The number of nitrogens with one attached hydrogen (secondary N) is 1. The summed E-state index contributed by atoms with van der Waals surface area (Å²) < 4.78 is 4.96. The lowest BCUT2D eigenvalue weighted by atomic mass is 10.0. The van der Waals surface area contributed by atoms with Crippen molar-refractivity contribution in [3.8, 4) is 17.2 Å². The largest absolute Gasteiger partial charge is 0.508 e. The highest BCUT2D eigenvalue weighted by molar-refractivity contribution is 5.80. The summed E-state index contributed by atoms with van der Waals surface area (Å²) in [6.45, 7) is 4.87. The molecule has 0 heterocycles. The number of phenolic OH excluding ortho intramolecular Hbond substituents is 3. The van der Waals surface area contributed by atoms with Gasteiger partial charge in [0.05, 0.1) is 0 Å². The second-order valence-electron chi connectivity index (χ2n) is 5.70. The zero-order chi connectivity index (χ0) is 17.1. The fraction of sp³-hybridized carbons (Fsp3) is 0.429. The van der Waals surface area contributed by atoms with Crippen molar-refractivity contribution in [2.45, 2.75) is 38.8 Å². The van der Waals surface area contributed by atoms with Crippen LogP contribution in [0.2, 0.25) is 0 Å². The molecular weight excluding hydrogens is 294 g/mol. The Morgan fingerprint density at radius 1 is 1.18 bits per heavy atom. The van der Waals surface area contributed by atoms with Crippen molar-refractivity contribution >= 4 is 12.1 Å². The number of ether oxygens (including phenoxy) is 1. The highest BCUT2D eigenvalue weighted by Crippen LogP contribution is 2.32. The van der Waals surface area contributed by atoms with E-state index in [0.29, 0.717) is 0 Å². The Morgan fingerprint density at radius 2 is 1.68 bits per heavy atom. The van der Waals surface area contributed by atoms with E-state index in [9.17, 15) is 24.9 Å². The van der Waals surface area contributed by atoms with Gasteiger partial charge < -0.3 is 30.5 Å². The average molecular weight is 313 g/mol. The summed E-state index contributed by atoms with van der Waals surface area (Å²) in [5.41, 5.74) is -0.906. The van der Waals surface area contributed by atoms with Gasteiger partial charge in [0.15, 0.2) is 0 Å². The molecule has 1 rings (SSSR count). The Morgan fingerprint density at radius 3 is 2.09 bits per heavy atom. The second-order valence-corrected chi connectivity index (χ2v) is 5.70. The van der Waals surface area contributed by atoms with Gasteiger partial charge in [-0.1, -0.05) is 0 Å². The lowest BCUT2D eigenvalue weighted by Crippen LogP contribution is -2.44. The molecule has 0 fully saturated rings. The molecule has 0 aliphatic carbocycles. The summed E-state index contributed by atoms with van der Waals surface area (Å²) >= 11 is 0. The number of phenols is 3. The lowest BCUT2D eigenvalue weighted by Gasteiger charge is -2.22. The van der Waals surface area contributed by atoms with E-state index in [1.807, 2.05) is 0 Å². The van der Waals surface area contributed by atoms with Gasteiger partial charge in [-0.3, -0.25) is 0 Å². The number of alkyl carbamates (subject to hydrolysis) is 1. The summed E-state index contributed by atoms with van der Waals surface area (Å²) in [5.74, 6) is -2.69. The fourth-order valence-electron chi connectivity index (χ4n) is 1.69. The molecule has 1 aromatic carbocycles. The normalized spacial score (nSPS) is 12.5. The number of amides is 1. The summed E-state index contributed by atoms with van der Waals surface area (Å²) in [7, 11) is 0. The van der Waals surface area contributed by atoms with Crippen molar-refractivity contribution < 1.29 is 34.8 Å². The van der Waals surface area contributed by atoms with Crippen molar-refractivity contribution in [1.29, 1.82) is 0 Å². The monoisotopic (exact) mass is 313 g/mol. The van der Waals surface area contributed by atoms with Crippen LogP contribution in [0.3, 0.4) is 0 Å². The van der Waals surface area contributed by atoms with Crippen molar-refractivity contribution in [3.63, 3.8) is 0 Å². The molecule has 0 aliphatic rings. The zero-order valence-corrected chi connectivity index (χ0v) is 12.5. The van der Waals surface area contributed by atoms with E-state index < -0.39 is 35.2 Å². The van der Waals surface area contributed by atoms with E-state index >= 15 is 0 Å². The topological polar surface area (TPSA) is 136 Å². The predicted octanol–water partition coefficient (Wildman–Crippen LogP) is 1.32. The lowest BCUT2D eigenvalue weighted by molar-refractivity contribution is -0.139. The highest BCUT2D eigenvalue weighted by Gasteiger charge is 2.26. The number of carboxylic acid groups (broad SMARTS) is 1. The van der Waals surface area contributed by atoms with E-state index in [2.05, 4.69) is 5.32 Å². The number of carbonyl (C=O) groups excluding carboxylic acids is 1. The van der Waals surface area contributed by atoms with Gasteiger partial charge in [-0.05, 0) is 20.8 Å². The average Bonchev–Trinajstić information content (AvgIpc) is 2.29. The molecule has 1 atom stereocenters. The number of carbonyl (C=O) groups is 2. The van der Waals surface area contributed by atoms with Gasteiger partial charge in [0, 0.05) is 24.1 Å². The first kappa shape index (κ1) is 17.4. The van der Waals surface area contributed by atoms with Gasteiger partial charge in [0.2, 0.25) is 0 Å². The fourth-order valence-corrected chi connectivity index (χ4v) is 1.69. The molecule has 8 nitrogen and oxygen atoms in total. The van der Waals surface area contributed by atoms with Gasteiger partial charge in [-0.15, -0.1) is 0 Å². The van der Waals surface area contributed by atoms with Crippen LogP contribution in [-0.2, 0) is 16.0 Å². The standard InChI is InChI=1S/C14H19NO7/c1-14(2,3)22-13(21)15-9(12(19)20)6-8-10(17)4-7(16)5-11(8)18/h4-5,9,16-18H,6H2,1-3H3,(H,15,21)(H,19,20). The first-order valence-corrected chi connectivity index (χ1v) is 6.45. The third-order valence-electron chi connectivity index (χ3n) is 2.58. The third-order valence-corrected chi connectivity index (χ3v) is 2.58. The van der Waals surface area contributed by atoms with E-state index in [0.717, 1.165) is 12.1 Å². The highest BCUT2D eigenvalue weighted by atomic mass is 16.6. The SMILES string of the molecule is CC(C)(C)OC(=O)NC(Cc1c(O)cc(O)cc1O)C(=O)O. The number of benzene rings is 1. The number of carboxylic acids is 1. The van der Waals surface area contributed by atoms with Crippen LogP contribution in [-0.4, -0.2) is 44.1 Å². The molecule has 0 saturated carbocycles. The molecule has 0 saturated heterocycles. The maximum atomic E-state index is 11.6. The van der Waals surface area contributed by atoms with Crippen LogP contribution >= 0.6 is 0 Å². The van der Waals surface area contributed by atoms with Crippen LogP contribution in [0.4, 0.5) is 4.79 Å². The predicted molar refractivity (Wildman–Crippen MR) is 75.9 cm³/mol. The Labute approximate surface area is 127 Å². The van der Waals surface area contributed by atoms with E-state index in [4.69, 9.17) is 9.84 Å². The molecule has 22 heavy (non-hydrogen) atoms. The molecule has 1 amide bonds. The van der Waals surface area contributed by atoms with E-state index in [1.165, 1.54) is 0 Å². The Hall–Kier alpha value is -2.64. The van der Waals surface area contributed by atoms with Gasteiger partial charge in [-0.2, -0.15) is 0 Å². The molecule has 0 spiro atoms. The van der Waals surface area contributed by atoms with Gasteiger partial charge >= 0.3 is 12.1 Å². The summed E-state index contributed by atoms with van der Waals surface area (Å²) in [5, 5.41) is 39.8. The molecule has 0 bridgehead atoms. The van der Waals surface area contributed by atoms with Gasteiger partial charge in [0.25, 0.3) is 0 Å². The molecule has 0 radical (unpaired) electrons. The zero-order valence-electron chi connectivity index (χ0n) is 12.5. The minimum atomic E-state index is -1.42. The van der Waals surface area contributed by atoms with Crippen molar-refractivity contribution in [3.05, 3.63) is 17.7 Å². The van der Waals surface area contributed by atoms with Crippen molar-refractivity contribution in [2.24, 2.45) is 0 Å². The minimum Gasteiger partial charge on any atom is -0.508 e. The molecule has 1 aromatic rings. The number of rotatable bonds is 4. The Bertz CT molecular complexity index is 554. The molecule has 5 N–H and O–H groups in total. The van der Waals surface area contributed by atoms with Gasteiger partial charge in [-0.25, -0.2) is 9.59 Å². The Kier molecular flexibility index (Phi) is 5.08. The van der Waals surface area contributed by atoms with Crippen LogP contribution in [0, 0.1) is 0 Å². The summed E-state index contributed by atoms with van der Waals surface area (Å²) in [4.78, 5) is 22.8. The molecular formula is C14H19NO7. The maximum Gasteiger partial charge on any atom is 0.408 e. The van der Waals surface area contributed by atoms with Crippen LogP contribution < -0.4 is 5.32 Å². The van der Waals surface area contributed by atoms with Crippen LogP contribution in [0.15, 0.2) is 12.1 Å². The molecule has 0 aromatic heterocycles. The van der Waals surface area contributed by atoms with Crippen LogP contribution in [0.5, 0.6) is 17.2 Å². The molecule has 0 aliphatic heterocycles. The van der Waals surface area contributed by atoms with Crippen LogP contribution in [0.25, 0.3) is 0 Å². The maximum absolute atomic E-state index is 11.6. The number of aliphatic carboxylic acids is 1. The minimum absolute atomic E-state index is 0.110. The smallest absolute Gasteiger partial charge is 0.408 e. The second kappa shape index (κ2) is 6.42. The van der Waals surface area contributed by atoms with Gasteiger partial charge in [0.1, 0.15) is 28.9 Å². The first-order chi connectivity index (χ1) is 9.99. The quantitative estimate of drug-likeness (QED) is 0.565. The number of hydrogen-bond acceptors (Lipinski definition) is 6. The van der Waals surface area contributed by atoms with Crippen LogP contribution in [0.1, 0.15) is 26.3 Å². The molecule has 1 unspecified atom stereocenters. The first-order valence-electron chi connectivity index (χ1n) is 6.45. The molecule has 122 valence electrons. The third kappa shape index (κ3) is 5.04.